The highest BCUT2D eigenvalue weighted by Gasteiger charge is 2.33. The molecule has 1 aromatic heterocycles. The molecule has 0 aromatic carbocycles. The maximum atomic E-state index is 4.56. The summed E-state index contributed by atoms with van der Waals surface area (Å²) in [6.07, 6.45) is 5.01. The summed E-state index contributed by atoms with van der Waals surface area (Å²) in [5.41, 5.74) is 2.41. The minimum Gasteiger partial charge on any atom is -0.380 e. The zero-order chi connectivity index (χ0) is 11.1. The molecule has 4 heteroatoms. The van der Waals surface area contributed by atoms with Crippen molar-refractivity contribution in [2.24, 2.45) is 13.0 Å². The van der Waals surface area contributed by atoms with Gasteiger partial charge >= 0.3 is 0 Å². The van der Waals surface area contributed by atoms with Crippen LogP contribution >= 0.6 is 0 Å². The number of rotatable bonds is 2. The normalized spacial score (nSPS) is 24.2. The summed E-state index contributed by atoms with van der Waals surface area (Å²) in [5.74, 6) is 2.08. The second-order valence-corrected chi connectivity index (χ2v) is 4.95. The van der Waals surface area contributed by atoms with Crippen LogP contribution in [0.1, 0.15) is 31.9 Å². The van der Waals surface area contributed by atoms with Gasteiger partial charge in [-0.05, 0) is 31.6 Å². The number of hydrogen-bond donors (Lipinski definition) is 2. The molecule has 0 spiro atoms. The van der Waals surface area contributed by atoms with Gasteiger partial charge in [-0.1, -0.05) is 6.92 Å². The van der Waals surface area contributed by atoms with Gasteiger partial charge in [0, 0.05) is 19.6 Å². The monoisotopic (exact) mass is 220 g/mol. The summed E-state index contributed by atoms with van der Waals surface area (Å²) < 4.78 is 1.99. The van der Waals surface area contributed by atoms with E-state index in [1.54, 1.807) is 0 Å². The van der Waals surface area contributed by atoms with Crippen molar-refractivity contribution in [1.82, 2.24) is 9.78 Å². The smallest absolute Gasteiger partial charge is 0.148 e. The zero-order valence-electron chi connectivity index (χ0n) is 10.1. The molecule has 0 saturated heterocycles. The van der Waals surface area contributed by atoms with Gasteiger partial charge in [-0.25, -0.2) is 0 Å². The van der Waals surface area contributed by atoms with Crippen LogP contribution in [0, 0.1) is 5.92 Å². The average molecular weight is 220 g/mol. The van der Waals surface area contributed by atoms with Crippen molar-refractivity contribution in [1.29, 1.82) is 0 Å². The Morgan fingerprint density at radius 3 is 2.88 bits per heavy atom. The van der Waals surface area contributed by atoms with Gasteiger partial charge in [0.15, 0.2) is 0 Å². The number of nitrogens with one attached hydrogen (secondary N) is 2. The Kier molecular flexibility index (Phi) is 2.30. The number of aromatic nitrogens is 2. The van der Waals surface area contributed by atoms with Gasteiger partial charge in [0.2, 0.25) is 0 Å². The predicted octanol–water partition coefficient (Wildman–Crippen LogP) is 1.99. The topological polar surface area (TPSA) is 41.9 Å². The Hall–Kier alpha value is -1.19. The summed E-state index contributed by atoms with van der Waals surface area (Å²) >= 11 is 0. The molecule has 2 N–H and O–H groups in total. The summed E-state index contributed by atoms with van der Waals surface area (Å²) in [7, 11) is 2.03. The van der Waals surface area contributed by atoms with E-state index in [1.165, 1.54) is 36.5 Å². The lowest BCUT2D eigenvalue weighted by Crippen LogP contribution is -2.23. The van der Waals surface area contributed by atoms with Crippen molar-refractivity contribution < 1.29 is 0 Å². The van der Waals surface area contributed by atoms with E-state index in [9.17, 15) is 0 Å². The van der Waals surface area contributed by atoms with Crippen molar-refractivity contribution in [3.63, 3.8) is 0 Å². The molecule has 0 amide bonds. The van der Waals surface area contributed by atoms with E-state index < -0.39 is 0 Å². The van der Waals surface area contributed by atoms with Crippen LogP contribution in [-0.4, -0.2) is 22.4 Å². The number of aryl methyl sites for hydroxylation is 2. The SMILES string of the molecule is CCc1nn(C)c2c1NCCC(C1CC1)N2. The molecule has 1 fully saturated rings. The summed E-state index contributed by atoms with van der Waals surface area (Å²) in [6.45, 7) is 3.23. The molecule has 2 aliphatic rings. The van der Waals surface area contributed by atoms with E-state index in [0.29, 0.717) is 6.04 Å². The Morgan fingerprint density at radius 2 is 2.19 bits per heavy atom. The molecule has 1 atom stereocenters. The average Bonchev–Trinajstić information content (AvgIpc) is 3.08. The molecule has 0 radical (unpaired) electrons. The minimum atomic E-state index is 0.647. The molecule has 1 aromatic rings. The highest BCUT2D eigenvalue weighted by Crippen LogP contribution is 2.38. The van der Waals surface area contributed by atoms with Crippen LogP contribution in [-0.2, 0) is 13.5 Å². The van der Waals surface area contributed by atoms with Gasteiger partial charge in [0.25, 0.3) is 0 Å². The second kappa shape index (κ2) is 3.68. The largest absolute Gasteiger partial charge is 0.380 e. The Morgan fingerprint density at radius 1 is 1.38 bits per heavy atom. The molecule has 88 valence electrons. The van der Waals surface area contributed by atoms with Crippen molar-refractivity contribution in [2.75, 3.05) is 17.2 Å². The Balaban J connectivity index is 1.92. The van der Waals surface area contributed by atoms with Crippen LogP contribution in [0.15, 0.2) is 0 Å². The third-order valence-corrected chi connectivity index (χ3v) is 3.72. The molecule has 2 heterocycles. The maximum absolute atomic E-state index is 4.56. The van der Waals surface area contributed by atoms with Crippen LogP contribution in [0.2, 0.25) is 0 Å². The molecule has 1 saturated carbocycles. The van der Waals surface area contributed by atoms with Gasteiger partial charge < -0.3 is 10.6 Å². The molecule has 1 unspecified atom stereocenters. The van der Waals surface area contributed by atoms with Gasteiger partial charge in [0.1, 0.15) is 11.5 Å². The maximum Gasteiger partial charge on any atom is 0.148 e. The molecular weight excluding hydrogens is 200 g/mol. The van der Waals surface area contributed by atoms with E-state index in [0.717, 1.165) is 18.9 Å². The van der Waals surface area contributed by atoms with Crippen LogP contribution < -0.4 is 10.6 Å². The van der Waals surface area contributed by atoms with Crippen molar-refractivity contribution >= 4 is 11.5 Å². The third kappa shape index (κ3) is 1.56. The first-order chi connectivity index (χ1) is 7.79. The third-order valence-electron chi connectivity index (χ3n) is 3.72. The van der Waals surface area contributed by atoms with Gasteiger partial charge in [-0.15, -0.1) is 0 Å². The lowest BCUT2D eigenvalue weighted by atomic mass is 10.1. The van der Waals surface area contributed by atoms with Crippen molar-refractivity contribution in [2.45, 2.75) is 38.6 Å². The van der Waals surface area contributed by atoms with Crippen molar-refractivity contribution in [3.8, 4) is 0 Å². The molecule has 3 rings (SSSR count). The quantitative estimate of drug-likeness (QED) is 0.801. The Labute approximate surface area is 96.4 Å². The molecule has 16 heavy (non-hydrogen) atoms. The van der Waals surface area contributed by atoms with E-state index in [1.807, 2.05) is 11.7 Å². The number of anilines is 2. The van der Waals surface area contributed by atoms with Gasteiger partial charge in [-0.2, -0.15) is 5.10 Å². The number of fused-ring (bicyclic) bond motifs is 1. The summed E-state index contributed by atoms with van der Waals surface area (Å²) in [4.78, 5) is 0. The van der Waals surface area contributed by atoms with E-state index >= 15 is 0 Å². The van der Waals surface area contributed by atoms with Crippen LogP contribution in [0.25, 0.3) is 0 Å². The minimum absolute atomic E-state index is 0.647. The van der Waals surface area contributed by atoms with Crippen LogP contribution in [0.3, 0.4) is 0 Å². The van der Waals surface area contributed by atoms with E-state index in [2.05, 4.69) is 22.7 Å². The fourth-order valence-electron chi connectivity index (χ4n) is 2.63. The lowest BCUT2D eigenvalue weighted by molar-refractivity contribution is 0.598. The fraction of sp³-hybridized carbons (Fsp3) is 0.750. The van der Waals surface area contributed by atoms with Crippen molar-refractivity contribution in [3.05, 3.63) is 5.69 Å². The Bertz CT molecular complexity index is 392. The summed E-state index contributed by atoms with van der Waals surface area (Å²) in [6, 6.07) is 0.647. The van der Waals surface area contributed by atoms with Crippen LogP contribution in [0.5, 0.6) is 0 Å². The standard InChI is InChI=1S/C12H20N4/c1-3-9-11-12(16(2)15-9)14-10(6-7-13-11)8-4-5-8/h8,10,13-14H,3-7H2,1-2H3. The highest BCUT2D eigenvalue weighted by atomic mass is 15.3. The first-order valence-electron chi connectivity index (χ1n) is 6.36. The molecular formula is C12H20N4. The van der Waals surface area contributed by atoms with Gasteiger partial charge in [-0.3, -0.25) is 4.68 Å². The fourth-order valence-corrected chi connectivity index (χ4v) is 2.63. The highest BCUT2D eigenvalue weighted by molar-refractivity contribution is 5.69. The summed E-state index contributed by atoms with van der Waals surface area (Å²) in [5, 5.41) is 11.8. The molecule has 1 aliphatic carbocycles. The second-order valence-electron chi connectivity index (χ2n) is 4.95. The first kappa shape index (κ1) is 10.00. The molecule has 4 nitrogen and oxygen atoms in total. The number of hydrogen-bond acceptors (Lipinski definition) is 3. The zero-order valence-corrected chi connectivity index (χ0v) is 10.1. The molecule has 1 aliphatic heterocycles. The predicted molar refractivity (Wildman–Crippen MR) is 65.8 cm³/mol. The van der Waals surface area contributed by atoms with E-state index in [-0.39, 0.29) is 0 Å². The lowest BCUT2D eigenvalue weighted by Gasteiger charge is -2.16. The molecule has 0 bridgehead atoms. The van der Waals surface area contributed by atoms with Crippen LogP contribution in [0.4, 0.5) is 11.5 Å². The number of nitrogens with zero attached hydrogens (tertiary/aromatic N) is 2. The first-order valence-corrected chi connectivity index (χ1v) is 6.36. The van der Waals surface area contributed by atoms with E-state index in [4.69, 9.17) is 0 Å². The van der Waals surface area contributed by atoms with Gasteiger partial charge in [0.05, 0.1) is 5.69 Å².